The van der Waals surface area contributed by atoms with Crippen LogP contribution in [0.1, 0.15) is 41.0 Å². The Hall–Kier alpha value is -2.04. The molecule has 0 bridgehead atoms. The van der Waals surface area contributed by atoms with Crippen LogP contribution >= 0.6 is 0 Å². The van der Waals surface area contributed by atoms with E-state index in [0.29, 0.717) is 29.2 Å². The van der Waals surface area contributed by atoms with E-state index < -0.39 is 5.97 Å². The van der Waals surface area contributed by atoms with Gasteiger partial charge in [0.1, 0.15) is 5.75 Å². The SMILES string of the molecule is COc1cc(C(=O)O)cc(C(=O)NC[C@H]2CC2(C)C)c1. The number of rotatable bonds is 5. The molecule has 2 N–H and O–H groups in total. The molecule has 2 rings (SSSR count). The van der Waals surface area contributed by atoms with E-state index in [-0.39, 0.29) is 11.5 Å². The highest BCUT2D eigenvalue weighted by atomic mass is 16.5. The molecule has 1 atom stereocenters. The highest BCUT2D eigenvalue weighted by Crippen LogP contribution is 2.50. The van der Waals surface area contributed by atoms with Crippen LogP contribution in [-0.4, -0.2) is 30.6 Å². The molecular weight excluding hydrogens is 258 g/mol. The van der Waals surface area contributed by atoms with Crippen molar-refractivity contribution in [2.75, 3.05) is 13.7 Å². The van der Waals surface area contributed by atoms with Gasteiger partial charge in [0.25, 0.3) is 5.91 Å². The molecule has 20 heavy (non-hydrogen) atoms. The molecule has 1 aliphatic rings. The molecule has 0 unspecified atom stereocenters. The molecule has 5 heteroatoms. The number of amides is 1. The number of nitrogens with one attached hydrogen (secondary N) is 1. The van der Waals surface area contributed by atoms with Crippen molar-refractivity contribution in [3.05, 3.63) is 29.3 Å². The molecule has 5 nitrogen and oxygen atoms in total. The monoisotopic (exact) mass is 277 g/mol. The van der Waals surface area contributed by atoms with Crippen molar-refractivity contribution in [3.63, 3.8) is 0 Å². The standard InChI is InChI=1S/C15H19NO4/c1-15(2)7-11(15)8-16-13(17)9-4-10(14(18)19)6-12(5-9)20-3/h4-6,11H,7-8H2,1-3H3,(H,16,17)(H,18,19)/t11-/m1/s1. The van der Waals surface area contributed by atoms with Gasteiger partial charge in [-0.3, -0.25) is 4.79 Å². The summed E-state index contributed by atoms with van der Waals surface area (Å²) < 4.78 is 5.02. The highest BCUT2D eigenvalue weighted by molar-refractivity contribution is 5.98. The summed E-state index contributed by atoms with van der Waals surface area (Å²) in [5.41, 5.74) is 0.648. The zero-order valence-corrected chi connectivity index (χ0v) is 11.9. The number of carbonyl (C=O) groups is 2. The van der Waals surface area contributed by atoms with E-state index in [4.69, 9.17) is 9.84 Å². The van der Waals surface area contributed by atoms with Crippen molar-refractivity contribution >= 4 is 11.9 Å². The Morgan fingerprint density at radius 2 is 1.95 bits per heavy atom. The van der Waals surface area contributed by atoms with Gasteiger partial charge in [-0.05, 0) is 36.0 Å². The second kappa shape index (κ2) is 5.15. The molecule has 108 valence electrons. The molecule has 1 fully saturated rings. The zero-order valence-electron chi connectivity index (χ0n) is 11.9. The van der Waals surface area contributed by atoms with Gasteiger partial charge in [-0.15, -0.1) is 0 Å². The van der Waals surface area contributed by atoms with Crippen LogP contribution in [0.3, 0.4) is 0 Å². The predicted octanol–water partition coefficient (Wildman–Crippen LogP) is 2.17. The number of hydrogen-bond donors (Lipinski definition) is 2. The average Bonchev–Trinajstić information content (AvgIpc) is 3.02. The van der Waals surface area contributed by atoms with Crippen LogP contribution in [0, 0.1) is 11.3 Å². The van der Waals surface area contributed by atoms with Crippen molar-refractivity contribution in [2.45, 2.75) is 20.3 Å². The van der Waals surface area contributed by atoms with Crippen LogP contribution in [0.25, 0.3) is 0 Å². The first kappa shape index (κ1) is 14.4. The number of benzene rings is 1. The molecule has 1 saturated carbocycles. The molecule has 1 aromatic carbocycles. The summed E-state index contributed by atoms with van der Waals surface area (Å²) in [4.78, 5) is 23.1. The van der Waals surface area contributed by atoms with Gasteiger partial charge in [0, 0.05) is 12.1 Å². The first-order valence-corrected chi connectivity index (χ1v) is 6.54. The van der Waals surface area contributed by atoms with Gasteiger partial charge in [0.15, 0.2) is 0 Å². The van der Waals surface area contributed by atoms with E-state index in [0.717, 1.165) is 6.42 Å². The minimum atomic E-state index is -1.08. The Morgan fingerprint density at radius 3 is 2.45 bits per heavy atom. The summed E-state index contributed by atoms with van der Waals surface area (Å²) in [5.74, 6) is -0.492. The van der Waals surface area contributed by atoms with Gasteiger partial charge >= 0.3 is 5.97 Å². The van der Waals surface area contributed by atoms with Crippen molar-refractivity contribution in [3.8, 4) is 5.75 Å². The summed E-state index contributed by atoms with van der Waals surface area (Å²) in [7, 11) is 1.44. The molecule has 1 amide bonds. The Bertz CT molecular complexity index is 551. The van der Waals surface area contributed by atoms with Gasteiger partial charge in [0.05, 0.1) is 12.7 Å². The van der Waals surface area contributed by atoms with E-state index in [1.165, 1.54) is 19.2 Å². The number of hydrogen-bond acceptors (Lipinski definition) is 3. The van der Waals surface area contributed by atoms with Gasteiger partial charge in [-0.2, -0.15) is 0 Å². The molecule has 0 heterocycles. The number of carbonyl (C=O) groups excluding carboxylic acids is 1. The van der Waals surface area contributed by atoms with Crippen molar-refractivity contribution in [1.29, 1.82) is 0 Å². The van der Waals surface area contributed by atoms with Crippen LogP contribution in [0.15, 0.2) is 18.2 Å². The van der Waals surface area contributed by atoms with E-state index in [1.54, 1.807) is 6.07 Å². The Morgan fingerprint density at radius 1 is 1.35 bits per heavy atom. The lowest BCUT2D eigenvalue weighted by molar-refractivity contribution is 0.0696. The van der Waals surface area contributed by atoms with Crippen molar-refractivity contribution in [2.24, 2.45) is 11.3 Å². The molecule has 0 saturated heterocycles. The maximum absolute atomic E-state index is 12.1. The van der Waals surface area contributed by atoms with Gasteiger partial charge < -0.3 is 15.2 Å². The fraction of sp³-hybridized carbons (Fsp3) is 0.467. The van der Waals surface area contributed by atoms with E-state index in [9.17, 15) is 9.59 Å². The van der Waals surface area contributed by atoms with Crippen LogP contribution in [0.5, 0.6) is 5.75 Å². The molecule has 1 aromatic rings. The topological polar surface area (TPSA) is 75.6 Å². The quantitative estimate of drug-likeness (QED) is 0.865. The number of methoxy groups -OCH3 is 1. The second-order valence-corrected chi connectivity index (χ2v) is 5.85. The zero-order chi connectivity index (χ0) is 14.9. The number of carboxylic acids is 1. The van der Waals surface area contributed by atoms with E-state index >= 15 is 0 Å². The third-order valence-corrected chi connectivity index (χ3v) is 3.88. The molecule has 1 aliphatic carbocycles. The highest BCUT2D eigenvalue weighted by Gasteiger charge is 2.45. The normalized spacial score (nSPS) is 19.2. The number of ether oxygens (including phenoxy) is 1. The Labute approximate surface area is 117 Å². The molecular formula is C15H19NO4. The van der Waals surface area contributed by atoms with Crippen LogP contribution in [-0.2, 0) is 0 Å². The van der Waals surface area contributed by atoms with Gasteiger partial charge in [-0.25, -0.2) is 4.79 Å². The van der Waals surface area contributed by atoms with E-state index in [1.807, 2.05) is 0 Å². The number of aromatic carboxylic acids is 1. The lowest BCUT2D eigenvalue weighted by Gasteiger charge is -2.09. The van der Waals surface area contributed by atoms with Crippen LogP contribution < -0.4 is 10.1 Å². The van der Waals surface area contributed by atoms with Crippen LogP contribution in [0.2, 0.25) is 0 Å². The summed E-state index contributed by atoms with van der Waals surface area (Å²) >= 11 is 0. The van der Waals surface area contributed by atoms with Crippen LogP contribution in [0.4, 0.5) is 0 Å². The third-order valence-electron chi connectivity index (χ3n) is 3.88. The fourth-order valence-corrected chi connectivity index (χ4v) is 2.21. The predicted molar refractivity (Wildman–Crippen MR) is 74.2 cm³/mol. The Kier molecular flexibility index (Phi) is 3.70. The molecule has 0 aromatic heterocycles. The fourth-order valence-electron chi connectivity index (χ4n) is 2.21. The van der Waals surface area contributed by atoms with Crippen molar-refractivity contribution in [1.82, 2.24) is 5.32 Å². The van der Waals surface area contributed by atoms with Gasteiger partial charge in [0.2, 0.25) is 0 Å². The lowest BCUT2D eigenvalue weighted by Crippen LogP contribution is -2.26. The first-order chi connectivity index (χ1) is 9.33. The lowest BCUT2D eigenvalue weighted by atomic mass is 10.1. The minimum Gasteiger partial charge on any atom is -0.497 e. The molecule has 0 spiro atoms. The van der Waals surface area contributed by atoms with Crippen molar-refractivity contribution < 1.29 is 19.4 Å². The number of carboxylic acid groups (broad SMARTS) is 1. The third kappa shape index (κ3) is 3.10. The molecule has 0 aliphatic heterocycles. The minimum absolute atomic E-state index is 0.0428. The first-order valence-electron chi connectivity index (χ1n) is 6.54. The average molecular weight is 277 g/mol. The van der Waals surface area contributed by atoms with Gasteiger partial charge in [-0.1, -0.05) is 13.8 Å². The maximum Gasteiger partial charge on any atom is 0.335 e. The summed E-state index contributed by atoms with van der Waals surface area (Å²) in [5, 5.41) is 11.9. The maximum atomic E-state index is 12.1. The largest absolute Gasteiger partial charge is 0.497 e. The Balaban J connectivity index is 2.08. The summed E-state index contributed by atoms with van der Waals surface area (Å²) in [6.07, 6.45) is 1.10. The smallest absolute Gasteiger partial charge is 0.335 e. The summed E-state index contributed by atoms with van der Waals surface area (Å²) in [6.45, 7) is 4.95. The van der Waals surface area contributed by atoms with E-state index in [2.05, 4.69) is 19.2 Å². The summed E-state index contributed by atoms with van der Waals surface area (Å²) in [6, 6.07) is 4.29. The molecule has 0 radical (unpaired) electrons. The second-order valence-electron chi connectivity index (χ2n) is 5.85.